The number of rotatable bonds is 2. The molecule has 1 aromatic rings. The molecular weight excluding hydrogens is 270 g/mol. The Morgan fingerprint density at radius 1 is 1.44 bits per heavy atom. The van der Waals surface area contributed by atoms with Gasteiger partial charge in [-0.25, -0.2) is 0 Å². The molecule has 1 aromatic carbocycles. The first-order valence-electron chi connectivity index (χ1n) is 5.50. The summed E-state index contributed by atoms with van der Waals surface area (Å²) in [6.07, 6.45) is 1.05. The Morgan fingerprint density at radius 3 is 2.94 bits per heavy atom. The van der Waals surface area contributed by atoms with Crippen molar-refractivity contribution >= 4 is 21.6 Å². The molecule has 0 amide bonds. The maximum Gasteiger partial charge on any atom is 0.128 e. The average Bonchev–Trinajstić information content (AvgIpc) is 2.61. The van der Waals surface area contributed by atoms with Gasteiger partial charge in [0.05, 0.1) is 19.8 Å². The van der Waals surface area contributed by atoms with E-state index in [1.54, 1.807) is 0 Å². The molecule has 1 fully saturated rings. The second-order valence-corrected chi connectivity index (χ2v) is 5.48. The molecule has 3 nitrogen and oxygen atoms in total. The minimum absolute atomic E-state index is 0.465. The van der Waals surface area contributed by atoms with Gasteiger partial charge in [-0.05, 0) is 24.1 Å². The zero-order chi connectivity index (χ0) is 11.2. The number of halogens is 1. The van der Waals surface area contributed by atoms with Crippen LogP contribution in [0.25, 0.3) is 0 Å². The number of ether oxygens (including phenoxy) is 1. The summed E-state index contributed by atoms with van der Waals surface area (Å²) in [5.74, 6) is 0. The van der Waals surface area contributed by atoms with Crippen LogP contribution < -0.4 is 4.90 Å². The van der Waals surface area contributed by atoms with E-state index in [4.69, 9.17) is 4.74 Å². The Morgan fingerprint density at radius 2 is 2.25 bits per heavy atom. The van der Waals surface area contributed by atoms with Gasteiger partial charge in [0.1, 0.15) is 5.60 Å². The summed E-state index contributed by atoms with van der Waals surface area (Å²) in [6, 6.07) is 6.24. The predicted molar refractivity (Wildman–Crippen MR) is 65.8 cm³/mol. The van der Waals surface area contributed by atoms with E-state index < -0.39 is 5.60 Å². The van der Waals surface area contributed by atoms with Crippen molar-refractivity contribution in [3.8, 4) is 0 Å². The molecule has 4 heteroatoms. The number of hydrogen-bond acceptors (Lipinski definition) is 3. The minimum atomic E-state index is -0.635. The number of anilines is 1. The quantitative estimate of drug-likeness (QED) is 0.895. The van der Waals surface area contributed by atoms with Gasteiger partial charge in [0.25, 0.3) is 0 Å². The van der Waals surface area contributed by atoms with Crippen molar-refractivity contribution < 1.29 is 9.84 Å². The van der Waals surface area contributed by atoms with Crippen molar-refractivity contribution in [1.29, 1.82) is 0 Å². The third kappa shape index (κ3) is 1.65. The Hall–Kier alpha value is -0.580. The largest absolute Gasteiger partial charge is 0.383 e. The highest BCUT2D eigenvalue weighted by molar-refractivity contribution is 9.10. The molecule has 1 N–H and O–H groups in total. The molecule has 0 unspecified atom stereocenters. The van der Waals surface area contributed by atoms with Gasteiger partial charge >= 0.3 is 0 Å². The molecule has 0 aromatic heterocycles. The molecule has 16 heavy (non-hydrogen) atoms. The van der Waals surface area contributed by atoms with E-state index in [0.717, 1.165) is 13.0 Å². The molecule has 0 bridgehead atoms. The fraction of sp³-hybridized carbons (Fsp3) is 0.500. The number of nitrogens with zero attached hydrogens (tertiary/aromatic N) is 1. The van der Waals surface area contributed by atoms with Gasteiger partial charge in [-0.1, -0.05) is 22.0 Å². The summed E-state index contributed by atoms with van der Waals surface area (Å²) >= 11 is 3.57. The molecule has 1 saturated heterocycles. The molecule has 0 aliphatic carbocycles. The van der Waals surface area contributed by atoms with E-state index in [2.05, 4.69) is 33.0 Å². The van der Waals surface area contributed by atoms with Crippen molar-refractivity contribution in [3.05, 3.63) is 28.2 Å². The number of benzene rings is 1. The third-order valence-corrected chi connectivity index (χ3v) is 4.04. The van der Waals surface area contributed by atoms with Crippen molar-refractivity contribution in [2.75, 3.05) is 31.2 Å². The van der Waals surface area contributed by atoms with Crippen LogP contribution in [0.5, 0.6) is 0 Å². The highest BCUT2D eigenvalue weighted by Crippen LogP contribution is 2.35. The van der Waals surface area contributed by atoms with Crippen molar-refractivity contribution in [1.82, 2.24) is 0 Å². The molecule has 0 radical (unpaired) electrons. The van der Waals surface area contributed by atoms with Crippen LogP contribution in [0.2, 0.25) is 0 Å². The third-order valence-electron chi connectivity index (χ3n) is 3.29. The van der Waals surface area contributed by atoms with E-state index in [0.29, 0.717) is 19.8 Å². The fourth-order valence-electron chi connectivity index (χ4n) is 2.41. The predicted octanol–water partition coefficient (Wildman–Crippen LogP) is 1.57. The van der Waals surface area contributed by atoms with Crippen LogP contribution in [-0.2, 0) is 11.2 Å². The standard InChI is InChI=1S/C12H14BrNO2/c13-10-2-1-3-11-9(10)4-5-14(11)6-12(15)7-16-8-12/h1-3,15H,4-8H2. The lowest BCUT2D eigenvalue weighted by Gasteiger charge is -2.39. The molecular formula is C12H14BrNO2. The van der Waals surface area contributed by atoms with E-state index >= 15 is 0 Å². The Labute approximate surface area is 103 Å². The topological polar surface area (TPSA) is 32.7 Å². The van der Waals surface area contributed by atoms with Gasteiger partial charge in [-0.15, -0.1) is 0 Å². The van der Waals surface area contributed by atoms with E-state index in [-0.39, 0.29) is 0 Å². The summed E-state index contributed by atoms with van der Waals surface area (Å²) in [5.41, 5.74) is 1.96. The van der Waals surface area contributed by atoms with Gasteiger partial charge in [-0.2, -0.15) is 0 Å². The second-order valence-electron chi connectivity index (χ2n) is 4.63. The average molecular weight is 284 g/mol. The van der Waals surface area contributed by atoms with Gasteiger partial charge in [0.15, 0.2) is 0 Å². The number of β-amino-alcohol motifs (C(OH)–C–C–N with tert-alkyl or cyclic N) is 1. The second kappa shape index (κ2) is 3.72. The summed E-state index contributed by atoms with van der Waals surface area (Å²) in [7, 11) is 0. The highest BCUT2D eigenvalue weighted by atomic mass is 79.9. The molecule has 3 rings (SSSR count). The van der Waals surface area contributed by atoms with E-state index in [1.807, 2.05) is 6.07 Å². The molecule has 0 atom stereocenters. The highest BCUT2D eigenvalue weighted by Gasteiger charge is 2.39. The van der Waals surface area contributed by atoms with Crippen LogP contribution in [0.3, 0.4) is 0 Å². The SMILES string of the molecule is OC1(CN2CCc3c(Br)cccc32)COC1. The van der Waals surface area contributed by atoms with Gasteiger partial charge in [0.2, 0.25) is 0 Å². The molecule has 2 aliphatic rings. The van der Waals surface area contributed by atoms with Crippen molar-refractivity contribution in [2.24, 2.45) is 0 Å². The summed E-state index contributed by atoms with van der Waals surface area (Å²) < 4.78 is 6.24. The van der Waals surface area contributed by atoms with Crippen molar-refractivity contribution in [3.63, 3.8) is 0 Å². The lowest BCUT2D eigenvalue weighted by atomic mass is 10.0. The summed E-state index contributed by atoms with van der Waals surface area (Å²) in [6.45, 7) is 2.59. The first kappa shape index (κ1) is 10.6. The molecule has 0 spiro atoms. The Balaban J connectivity index is 1.83. The Bertz CT molecular complexity index is 417. The monoisotopic (exact) mass is 283 g/mol. The normalized spacial score (nSPS) is 21.8. The number of fused-ring (bicyclic) bond motifs is 1. The molecule has 0 saturated carbocycles. The van der Waals surface area contributed by atoms with Crippen LogP contribution in [0, 0.1) is 0 Å². The number of hydrogen-bond donors (Lipinski definition) is 1. The van der Waals surface area contributed by atoms with Crippen molar-refractivity contribution in [2.45, 2.75) is 12.0 Å². The van der Waals surface area contributed by atoms with Crippen LogP contribution >= 0.6 is 15.9 Å². The molecule has 86 valence electrons. The first-order chi connectivity index (χ1) is 7.68. The molecule has 2 aliphatic heterocycles. The molecule has 2 heterocycles. The minimum Gasteiger partial charge on any atom is -0.383 e. The van der Waals surface area contributed by atoms with Crippen LogP contribution in [0.1, 0.15) is 5.56 Å². The maximum atomic E-state index is 10.1. The lowest BCUT2D eigenvalue weighted by Crippen LogP contribution is -2.56. The smallest absolute Gasteiger partial charge is 0.128 e. The van der Waals surface area contributed by atoms with Gasteiger partial charge < -0.3 is 14.7 Å². The first-order valence-corrected chi connectivity index (χ1v) is 6.30. The van der Waals surface area contributed by atoms with Gasteiger partial charge in [0, 0.05) is 16.7 Å². The van der Waals surface area contributed by atoms with E-state index in [9.17, 15) is 5.11 Å². The summed E-state index contributed by atoms with van der Waals surface area (Å²) in [4.78, 5) is 2.25. The maximum absolute atomic E-state index is 10.1. The van der Waals surface area contributed by atoms with Crippen LogP contribution in [0.4, 0.5) is 5.69 Å². The zero-order valence-electron chi connectivity index (χ0n) is 8.95. The Kier molecular flexibility index (Phi) is 2.46. The fourth-order valence-corrected chi connectivity index (χ4v) is 2.96. The summed E-state index contributed by atoms with van der Waals surface area (Å²) in [5, 5.41) is 10.1. The van der Waals surface area contributed by atoms with Crippen LogP contribution in [0.15, 0.2) is 22.7 Å². The zero-order valence-corrected chi connectivity index (χ0v) is 10.5. The lowest BCUT2D eigenvalue weighted by molar-refractivity contribution is -0.171. The van der Waals surface area contributed by atoms with Crippen LogP contribution in [-0.4, -0.2) is 37.0 Å². The van der Waals surface area contributed by atoms with Gasteiger partial charge in [-0.3, -0.25) is 0 Å². The van der Waals surface area contributed by atoms with E-state index in [1.165, 1.54) is 15.7 Å². The number of aliphatic hydroxyl groups is 1.